The average Bonchev–Trinajstić information content (AvgIpc) is 3.45. The van der Waals surface area contributed by atoms with Crippen molar-refractivity contribution in [2.45, 2.75) is 120 Å². The van der Waals surface area contributed by atoms with E-state index in [1.165, 1.54) is 0 Å². The number of cyclic esters (lactones) is 1. The highest BCUT2D eigenvalue weighted by molar-refractivity contribution is 5.85. The second-order valence-corrected chi connectivity index (χ2v) is 13.7. The van der Waals surface area contributed by atoms with E-state index in [2.05, 4.69) is 6.92 Å². The van der Waals surface area contributed by atoms with Crippen LogP contribution in [0.3, 0.4) is 0 Å². The summed E-state index contributed by atoms with van der Waals surface area (Å²) in [6.07, 6.45) is 5.82. The molecule has 4 saturated carbocycles. The second kappa shape index (κ2) is 9.75. The molecule has 39 heavy (non-hydrogen) atoms. The smallest absolute Gasteiger partial charge is 0.331 e. The van der Waals surface area contributed by atoms with Crippen molar-refractivity contribution in [2.75, 3.05) is 20.3 Å². The molecule has 6 aliphatic rings. The van der Waals surface area contributed by atoms with E-state index >= 15 is 0 Å². The van der Waals surface area contributed by atoms with Crippen molar-refractivity contribution in [2.24, 2.45) is 28.6 Å². The summed E-state index contributed by atoms with van der Waals surface area (Å²) >= 11 is 0. The lowest BCUT2D eigenvalue weighted by molar-refractivity contribution is -0.298. The van der Waals surface area contributed by atoms with Crippen molar-refractivity contribution in [3.63, 3.8) is 0 Å². The lowest BCUT2D eigenvalue weighted by Crippen LogP contribution is -2.69. The van der Waals surface area contributed by atoms with Gasteiger partial charge in [0.1, 0.15) is 12.7 Å². The SMILES string of the molecule is CO[C@H]1CC(O[C@H]2CC[C@]3(CO)[C@H]4CC[C@]5(C)[C@@H](C6=CC(=O)OC6)CC[C@]5(O)[C@@H]4CC[C@]3(O)C2)O[C@H](C)[C@H]1O. The maximum atomic E-state index is 12.4. The van der Waals surface area contributed by atoms with Gasteiger partial charge in [0, 0.05) is 36.9 Å². The topological polar surface area (TPSA) is 135 Å². The third-order valence-corrected chi connectivity index (χ3v) is 12.3. The molecule has 0 aromatic heterocycles. The minimum atomic E-state index is -1.09. The van der Waals surface area contributed by atoms with E-state index < -0.39 is 35.1 Å². The van der Waals surface area contributed by atoms with Gasteiger partial charge in [-0.25, -0.2) is 4.79 Å². The summed E-state index contributed by atoms with van der Waals surface area (Å²) in [5.74, 6) is -0.192. The van der Waals surface area contributed by atoms with Gasteiger partial charge in [0.15, 0.2) is 6.29 Å². The summed E-state index contributed by atoms with van der Waals surface area (Å²) < 4.78 is 23.0. The molecule has 9 nitrogen and oxygen atoms in total. The number of carbonyl (C=O) groups excluding carboxylic acids is 1. The number of methoxy groups -OCH3 is 1. The van der Waals surface area contributed by atoms with Crippen LogP contribution in [0.4, 0.5) is 0 Å². The van der Waals surface area contributed by atoms with Gasteiger partial charge < -0.3 is 39.4 Å². The normalized spacial score (nSPS) is 53.4. The van der Waals surface area contributed by atoms with E-state index in [-0.39, 0.29) is 48.0 Å². The number of fused-ring (bicyclic) bond motifs is 5. The Balaban J connectivity index is 1.20. The fourth-order valence-electron chi connectivity index (χ4n) is 10.2. The zero-order valence-corrected chi connectivity index (χ0v) is 23.5. The molecule has 4 N–H and O–H groups in total. The Morgan fingerprint density at radius 3 is 2.54 bits per heavy atom. The standard InChI is InChI=1S/C30H46O9/c1-17-26(33)23(36-3)13-25(38-17)39-19-4-9-28(16-31)21-5-8-27(2)20(18-12-24(32)37-15-18)7-11-30(27,35)22(21)6-10-29(28,34)14-19/h12,17,19-23,25-26,31,33-35H,4-11,13-16H2,1-3H3/t17-,19+,20-,21+,22-,23+,25?,26-,27-,28+,29+,30+/m1/s1. The Hall–Kier alpha value is -1.07. The Morgan fingerprint density at radius 1 is 1.08 bits per heavy atom. The first kappa shape index (κ1) is 28.1. The largest absolute Gasteiger partial charge is 0.458 e. The van der Waals surface area contributed by atoms with Gasteiger partial charge in [-0.15, -0.1) is 0 Å². The minimum Gasteiger partial charge on any atom is -0.458 e. The highest BCUT2D eigenvalue weighted by Gasteiger charge is 2.71. The van der Waals surface area contributed by atoms with Gasteiger partial charge >= 0.3 is 5.97 Å². The highest BCUT2D eigenvalue weighted by atomic mass is 16.7. The van der Waals surface area contributed by atoms with Crippen LogP contribution >= 0.6 is 0 Å². The number of hydrogen-bond acceptors (Lipinski definition) is 9. The number of rotatable bonds is 5. The van der Waals surface area contributed by atoms with E-state index in [0.717, 1.165) is 24.8 Å². The van der Waals surface area contributed by atoms with E-state index in [4.69, 9.17) is 18.9 Å². The van der Waals surface area contributed by atoms with Gasteiger partial charge in [0.25, 0.3) is 0 Å². The number of aliphatic hydroxyl groups excluding tert-OH is 2. The molecular formula is C30H46O9. The number of carbonyl (C=O) groups is 1. The number of ether oxygens (including phenoxy) is 4. The van der Waals surface area contributed by atoms with Gasteiger partial charge in [0.05, 0.1) is 36.1 Å². The van der Waals surface area contributed by atoms with Gasteiger partial charge in [-0.3, -0.25) is 0 Å². The van der Waals surface area contributed by atoms with E-state index in [0.29, 0.717) is 51.6 Å². The van der Waals surface area contributed by atoms with Gasteiger partial charge in [-0.1, -0.05) is 6.92 Å². The maximum absolute atomic E-state index is 12.4. The van der Waals surface area contributed by atoms with Crippen molar-refractivity contribution in [3.05, 3.63) is 11.6 Å². The highest BCUT2D eigenvalue weighted by Crippen LogP contribution is 2.70. The van der Waals surface area contributed by atoms with Gasteiger partial charge in [0.2, 0.25) is 0 Å². The minimum absolute atomic E-state index is 0.00781. The predicted octanol–water partition coefficient (Wildman–Crippen LogP) is 2.23. The summed E-state index contributed by atoms with van der Waals surface area (Å²) in [4.78, 5) is 11.8. The van der Waals surface area contributed by atoms with Crippen LogP contribution in [-0.2, 0) is 23.7 Å². The van der Waals surface area contributed by atoms with Crippen molar-refractivity contribution < 1.29 is 44.2 Å². The van der Waals surface area contributed by atoms with Crippen molar-refractivity contribution in [1.82, 2.24) is 0 Å². The fraction of sp³-hybridized carbons (Fsp3) is 0.900. The molecule has 0 bridgehead atoms. The van der Waals surface area contributed by atoms with Crippen LogP contribution in [0.15, 0.2) is 11.6 Å². The second-order valence-electron chi connectivity index (χ2n) is 13.7. The molecular weight excluding hydrogens is 504 g/mol. The Labute approximate surface area is 230 Å². The zero-order chi connectivity index (χ0) is 27.8. The summed E-state index contributed by atoms with van der Waals surface area (Å²) in [5.41, 5.74) is -2.06. The molecule has 0 aromatic carbocycles. The molecule has 0 amide bonds. The molecule has 4 aliphatic carbocycles. The third-order valence-electron chi connectivity index (χ3n) is 12.3. The lowest BCUT2D eigenvalue weighted by atomic mass is 9.41. The first-order valence-electron chi connectivity index (χ1n) is 14.9. The molecule has 6 rings (SSSR count). The van der Waals surface area contributed by atoms with Crippen molar-refractivity contribution >= 4 is 5.97 Å². The predicted molar refractivity (Wildman–Crippen MR) is 139 cm³/mol. The summed E-state index contributed by atoms with van der Waals surface area (Å²) in [5, 5.41) is 45.9. The van der Waals surface area contributed by atoms with Gasteiger partial charge in [-0.05, 0) is 81.6 Å². The average molecular weight is 551 g/mol. The number of esters is 1. The van der Waals surface area contributed by atoms with Crippen molar-refractivity contribution in [3.8, 4) is 0 Å². The molecule has 1 unspecified atom stereocenters. The molecule has 5 fully saturated rings. The Morgan fingerprint density at radius 2 is 1.85 bits per heavy atom. The monoisotopic (exact) mass is 550 g/mol. The number of aliphatic hydroxyl groups is 4. The molecule has 1 saturated heterocycles. The molecule has 220 valence electrons. The van der Waals surface area contributed by atoms with Crippen LogP contribution in [0.25, 0.3) is 0 Å². The van der Waals surface area contributed by atoms with Crippen LogP contribution in [-0.4, -0.2) is 88.6 Å². The number of hydrogen-bond donors (Lipinski definition) is 4. The molecule has 0 spiro atoms. The van der Waals surface area contributed by atoms with E-state index in [1.54, 1.807) is 13.2 Å². The molecule has 2 aliphatic heterocycles. The van der Waals surface area contributed by atoms with Crippen LogP contribution in [0.5, 0.6) is 0 Å². The quantitative estimate of drug-likeness (QED) is 0.300. The van der Waals surface area contributed by atoms with Crippen LogP contribution < -0.4 is 0 Å². The van der Waals surface area contributed by atoms with E-state index in [9.17, 15) is 25.2 Å². The third kappa shape index (κ3) is 4.02. The maximum Gasteiger partial charge on any atom is 0.331 e. The summed E-state index contributed by atoms with van der Waals surface area (Å²) in [6.45, 7) is 4.19. The van der Waals surface area contributed by atoms with Crippen LogP contribution in [0, 0.1) is 28.6 Å². The Kier molecular flexibility index (Phi) is 7.02. The molecule has 0 aromatic rings. The molecule has 9 heteroatoms. The van der Waals surface area contributed by atoms with Gasteiger partial charge in [-0.2, -0.15) is 0 Å². The Bertz CT molecular complexity index is 1000. The zero-order valence-electron chi connectivity index (χ0n) is 23.5. The summed E-state index contributed by atoms with van der Waals surface area (Å²) in [6, 6.07) is 0. The van der Waals surface area contributed by atoms with Crippen LogP contribution in [0.1, 0.15) is 78.1 Å². The first-order chi connectivity index (χ1) is 18.5. The molecule has 2 heterocycles. The fourth-order valence-corrected chi connectivity index (χ4v) is 10.2. The van der Waals surface area contributed by atoms with Crippen LogP contribution in [0.2, 0.25) is 0 Å². The van der Waals surface area contributed by atoms with Crippen molar-refractivity contribution in [1.29, 1.82) is 0 Å². The molecule has 0 radical (unpaired) electrons. The molecule has 12 atom stereocenters. The first-order valence-corrected chi connectivity index (χ1v) is 14.9. The van der Waals surface area contributed by atoms with E-state index in [1.807, 2.05) is 6.92 Å². The summed E-state index contributed by atoms with van der Waals surface area (Å²) in [7, 11) is 1.58. The lowest BCUT2D eigenvalue weighted by Gasteiger charge is -2.66.